The van der Waals surface area contributed by atoms with E-state index in [1.54, 1.807) is 6.19 Å². The van der Waals surface area contributed by atoms with Gasteiger partial charge in [-0.1, -0.05) is 19.4 Å². The highest BCUT2D eigenvalue weighted by atomic mass is 32.5. The van der Waals surface area contributed by atoms with Crippen molar-refractivity contribution in [3.8, 4) is 6.19 Å². The minimum atomic E-state index is -10.3. The van der Waals surface area contributed by atoms with Crippen LogP contribution in [0.5, 0.6) is 0 Å². The summed E-state index contributed by atoms with van der Waals surface area (Å²) in [6.45, 7) is -1.82. The van der Waals surface area contributed by atoms with Gasteiger partial charge in [0.15, 0.2) is 6.19 Å². The first-order chi connectivity index (χ1) is 20.6. The van der Waals surface area contributed by atoms with E-state index >= 15 is 13.2 Å². The fourth-order valence-corrected chi connectivity index (χ4v) is 5.81. The van der Waals surface area contributed by atoms with Crippen molar-refractivity contribution in [1.29, 1.82) is 5.26 Å². The number of likely N-dealkylation sites (tertiary alicyclic amines) is 1. The van der Waals surface area contributed by atoms with Crippen molar-refractivity contribution < 1.29 is 51.7 Å². The average Bonchev–Trinajstić information content (AvgIpc) is 3.39. The number of alkyl halides is 3. The molecule has 2 aliphatic rings. The van der Waals surface area contributed by atoms with Gasteiger partial charge in [0.2, 0.25) is 5.91 Å². The Balaban J connectivity index is 2.05. The smallest absolute Gasteiger partial charge is 0.379 e. The predicted octanol–water partition coefficient (Wildman–Crippen LogP) is 3.80. The maximum absolute atomic E-state index is 15.7. The summed E-state index contributed by atoms with van der Waals surface area (Å²) in [7, 11) is -7.80. The lowest BCUT2D eigenvalue weighted by Gasteiger charge is -2.47. The molecule has 4 rings (SSSR count). The van der Waals surface area contributed by atoms with Crippen LogP contribution in [0.2, 0.25) is 0 Å². The number of aromatic nitrogens is 2. The van der Waals surface area contributed by atoms with E-state index in [1.807, 2.05) is 0 Å². The van der Waals surface area contributed by atoms with Gasteiger partial charge in [0.05, 0.1) is 25.4 Å². The topological polar surface area (TPSA) is 123 Å². The van der Waals surface area contributed by atoms with Crippen LogP contribution >= 0.6 is 10.2 Å². The molecule has 1 aromatic carbocycles. The number of nitrogens with zero attached hydrogens (tertiary/aromatic N) is 7. The van der Waals surface area contributed by atoms with Gasteiger partial charge in [-0.2, -0.15) is 18.4 Å². The third kappa shape index (κ3) is 6.18. The number of methoxy groups -OCH3 is 1. The molecule has 1 aromatic heterocycles. The lowest BCUT2D eigenvalue weighted by atomic mass is 9.87. The summed E-state index contributed by atoms with van der Waals surface area (Å²) in [5.41, 5.74) is -6.50. The number of anilines is 1. The van der Waals surface area contributed by atoms with Crippen LogP contribution in [0.15, 0.2) is 47.8 Å². The number of carbonyl (C=O) groups excluding carboxylic acids is 3. The molecule has 3 heterocycles. The number of benzene rings is 1. The monoisotopic (exact) mass is 671 g/mol. The molecule has 11 nitrogen and oxygen atoms in total. The first kappa shape index (κ1) is 33.6. The Kier molecular flexibility index (Phi) is 7.99. The summed E-state index contributed by atoms with van der Waals surface area (Å²) >= 11 is 0. The molecule has 0 saturated carbocycles. The third-order valence-corrected chi connectivity index (χ3v) is 8.67. The molecule has 3 amide bonds. The lowest BCUT2D eigenvalue weighted by Crippen LogP contribution is -2.70. The maximum atomic E-state index is 15.7. The summed E-state index contributed by atoms with van der Waals surface area (Å²) in [6.07, 6.45) is -3.24. The number of carbonyl (C=O) groups is 3. The second-order valence-electron chi connectivity index (χ2n) is 10.3. The number of amides is 3. The highest BCUT2D eigenvalue weighted by Crippen LogP contribution is 3.02. The van der Waals surface area contributed by atoms with Crippen LogP contribution in [0, 0.1) is 11.5 Å². The highest BCUT2D eigenvalue weighted by molar-refractivity contribution is 8.45. The number of nitriles is 1. The quantitative estimate of drug-likeness (QED) is 0.322. The maximum Gasteiger partial charge on any atom is 0.427 e. The Labute approximate surface area is 250 Å². The van der Waals surface area contributed by atoms with E-state index in [4.69, 9.17) is 4.74 Å². The van der Waals surface area contributed by atoms with Crippen molar-refractivity contribution in [1.82, 2.24) is 24.7 Å². The number of rotatable bonds is 7. The van der Waals surface area contributed by atoms with Crippen LogP contribution in [0.3, 0.4) is 0 Å². The fraction of sp³-hybridized carbons (Fsp3) is 0.440. The number of halogens is 8. The summed E-state index contributed by atoms with van der Waals surface area (Å²) in [5, 5.41) is 9.66. The van der Waals surface area contributed by atoms with Crippen LogP contribution in [0.25, 0.3) is 0 Å². The molecule has 246 valence electrons. The van der Waals surface area contributed by atoms with Crippen LogP contribution < -0.4 is 4.90 Å². The molecule has 20 heteroatoms. The fourth-order valence-electron chi connectivity index (χ4n) is 5.16. The SMILES string of the molecule is CO[C@@H]1C[C@H](C(=O)N(c2ccc(S(F)(F)(F)(F)F)cc2)C(C(=O)N2CCN(C)C(=O)C2)(c2cnccn2)C(F)(F)F)N(C#N)C1. The van der Waals surface area contributed by atoms with Crippen LogP contribution in [-0.4, -0.2) is 101 Å². The second kappa shape index (κ2) is 10.7. The molecule has 1 unspecified atom stereocenters. The summed E-state index contributed by atoms with van der Waals surface area (Å²) < 4.78 is 120. The molecular formula is C25H25F8N7O4S. The van der Waals surface area contributed by atoms with Crippen LogP contribution in [0.4, 0.5) is 38.3 Å². The van der Waals surface area contributed by atoms with Gasteiger partial charge in [0.1, 0.15) is 16.6 Å². The second-order valence-corrected chi connectivity index (χ2v) is 12.7. The normalized spacial score (nSPS) is 22.2. The van der Waals surface area contributed by atoms with E-state index in [0.29, 0.717) is 11.1 Å². The van der Waals surface area contributed by atoms with Gasteiger partial charge in [-0.05, 0) is 24.3 Å². The van der Waals surface area contributed by atoms with E-state index < -0.39 is 87.6 Å². The summed E-state index contributed by atoms with van der Waals surface area (Å²) in [6, 6.07) is -1.81. The zero-order chi connectivity index (χ0) is 33.7. The van der Waals surface area contributed by atoms with Crippen molar-refractivity contribution in [3.63, 3.8) is 0 Å². The molecule has 45 heavy (non-hydrogen) atoms. The summed E-state index contributed by atoms with van der Waals surface area (Å²) in [5.74, 6) is -4.31. The molecule has 2 aromatic rings. The van der Waals surface area contributed by atoms with Gasteiger partial charge >= 0.3 is 16.4 Å². The molecule has 2 fully saturated rings. The first-order valence-electron chi connectivity index (χ1n) is 12.9. The largest absolute Gasteiger partial charge is 0.427 e. The molecule has 0 bridgehead atoms. The molecule has 0 aliphatic carbocycles. The molecule has 0 N–H and O–H groups in total. The number of piperazine rings is 1. The third-order valence-electron chi connectivity index (χ3n) is 7.50. The van der Waals surface area contributed by atoms with Gasteiger partial charge in [-0.25, -0.2) is 0 Å². The summed E-state index contributed by atoms with van der Waals surface area (Å²) in [4.78, 5) is 47.9. The number of likely N-dealkylation sites (N-methyl/N-ethyl adjacent to an activating group) is 1. The van der Waals surface area contributed by atoms with Crippen molar-refractivity contribution in [2.45, 2.75) is 35.2 Å². The minimum absolute atomic E-state index is 0.184. The molecule has 0 radical (unpaired) electrons. The van der Waals surface area contributed by atoms with E-state index in [2.05, 4.69) is 9.97 Å². The van der Waals surface area contributed by atoms with E-state index in [1.165, 1.54) is 14.2 Å². The average molecular weight is 672 g/mol. The highest BCUT2D eigenvalue weighted by Gasteiger charge is 2.71. The zero-order valence-electron chi connectivity index (χ0n) is 23.4. The molecule has 3 atom stereocenters. The van der Waals surface area contributed by atoms with Gasteiger partial charge in [0, 0.05) is 51.7 Å². The molecular weight excluding hydrogens is 646 g/mol. The zero-order valence-corrected chi connectivity index (χ0v) is 24.2. The van der Waals surface area contributed by atoms with Crippen molar-refractivity contribution in [3.05, 3.63) is 48.5 Å². The Hall–Kier alpha value is -4.25. The Morgan fingerprint density at radius 2 is 1.73 bits per heavy atom. The Morgan fingerprint density at radius 3 is 2.22 bits per heavy atom. The van der Waals surface area contributed by atoms with Crippen LogP contribution in [-0.2, 0) is 24.7 Å². The Morgan fingerprint density at radius 1 is 1.09 bits per heavy atom. The van der Waals surface area contributed by atoms with Crippen LogP contribution in [0.1, 0.15) is 12.1 Å². The predicted molar refractivity (Wildman–Crippen MR) is 141 cm³/mol. The Bertz CT molecular complexity index is 1520. The van der Waals surface area contributed by atoms with Crippen molar-refractivity contribution >= 4 is 33.6 Å². The standard InChI is InChI=1S/C25H25F8N7O4S/c1-37-9-10-38(14-21(37)41)23(43)24(25(26,27)28,20-12-35-7-8-36-20)40(22(42)19-11-17(44-2)13-39(19)15-34)16-3-5-18(6-4-16)45(29,30,31,32)33/h3-8,12,17,19H,9-11,13-14H2,1-2H3/t17-,19-,24?/m1/s1. The van der Waals surface area contributed by atoms with Crippen molar-refractivity contribution in [2.24, 2.45) is 0 Å². The van der Waals surface area contributed by atoms with Gasteiger partial charge in [0.25, 0.3) is 17.4 Å². The van der Waals surface area contributed by atoms with Gasteiger partial charge < -0.3 is 14.5 Å². The molecule has 2 saturated heterocycles. The van der Waals surface area contributed by atoms with Crippen molar-refractivity contribution in [2.75, 3.05) is 45.2 Å². The number of ether oxygens (including phenoxy) is 1. The molecule has 2 aliphatic heterocycles. The number of hydrogen-bond acceptors (Lipinski definition) is 8. The van der Waals surface area contributed by atoms with E-state index in [9.17, 15) is 39.1 Å². The minimum Gasteiger partial charge on any atom is -0.379 e. The first-order valence-corrected chi connectivity index (χ1v) is 14.8. The van der Waals surface area contributed by atoms with Gasteiger partial charge in [-0.3, -0.25) is 34.2 Å². The number of hydrogen-bond donors (Lipinski definition) is 0. The van der Waals surface area contributed by atoms with Gasteiger partial charge in [-0.15, -0.1) is 0 Å². The molecule has 0 spiro atoms. The van der Waals surface area contributed by atoms with E-state index in [0.717, 1.165) is 22.2 Å². The van der Waals surface area contributed by atoms with E-state index in [-0.39, 0.29) is 42.3 Å². The lowest BCUT2D eigenvalue weighted by molar-refractivity contribution is -0.205.